The Morgan fingerprint density at radius 2 is 0.727 bits per heavy atom. The third kappa shape index (κ3) is 1.39. The van der Waals surface area contributed by atoms with E-state index in [4.69, 9.17) is 0 Å². The molecule has 4 bridgehead atoms. The quantitative estimate of drug-likeness (QED) is 0.679. The van der Waals surface area contributed by atoms with Crippen molar-refractivity contribution in [3.63, 3.8) is 0 Å². The molecule has 2 saturated carbocycles. The van der Waals surface area contributed by atoms with Gasteiger partial charge >= 0.3 is 0 Å². The minimum absolute atomic E-state index is 0.549. The molecule has 0 N–H and O–H groups in total. The summed E-state index contributed by atoms with van der Waals surface area (Å²) >= 11 is 0. The molecule has 0 spiro atoms. The molecule has 22 heavy (non-hydrogen) atoms. The molecular weight excluding hydrogens is 268 g/mol. The third-order valence-corrected chi connectivity index (χ3v) is 6.97. The van der Waals surface area contributed by atoms with Crippen LogP contribution in [-0.4, -0.2) is 0 Å². The van der Waals surface area contributed by atoms with Gasteiger partial charge in [-0.15, -0.1) is 0 Å². The predicted octanol–water partition coefficient (Wildman–Crippen LogP) is 4.94. The molecular formula is C20H20N2. The lowest BCUT2D eigenvalue weighted by atomic mass is 9.58. The van der Waals surface area contributed by atoms with Gasteiger partial charge in [0.15, 0.2) is 0 Å². The van der Waals surface area contributed by atoms with E-state index in [9.17, 15) is 10.5 Å². The second-order valence-corrected chi connectivity index (χ2v) is 7.73. The predicted molar refractivity (Wildman–Crippen MR) is 83.8 cm³/mol. The van der Waals surface area contributed by atoms with Crippen LogP contribution in [0.3, 0.4) is 0 Å². The van der Waals surface area contributed by atoms with Crippen molar-refractivity contribution in [3.8, 4) is 12.1 Å². The molecule has 0 aliphatic heterocycles. The highest BCUT2D eigenvalue weighted by atomic mass is 14.5. The van der Waals surface area contributed by atoms with Gasteiger partial charge in [0.25, 0.3) is 0 Å². The topological polar surface area (TPSA) is 47.6 Å². The summed E-state index contributed by atoms with van der Waals surface area (Å²) < 4.78 is 0. The van der Waals surface area contributed by atoms with Crippen LogP contribution in [0.4, 0.5) is 0 Å². The Hall–Kier alpha value is -1.80. The number of nitriles is 2. The van der Waals surface area contributed by atoms with E-state index in [0.717, 1.165) is 11.1 Å². The van der Waals surface area contributed by atoms with Crippen molar-refractivity contribution < 1.29 is 0 Å². The van der Waals surface area contributed by atoms with Gasteiger partial charge in [0.1, 0.15) is 0 Å². The molecule has 0 heterocycles. The van der Waals surface area contributed by atoms with E-state index in [2.05, 4.69) is 12.1 Å². The van der Waals surface area contributed by atoms with Crippen molar-refractivity contribution in [2.45, 2.75) is 75.0 Å². The minimum Gasteiger partial charge on any atom is -0.192 e. The monoisotopic (exact) mass is 288 g/mol. The van der Waals surface area contributed by atoms with Crippen molar-refractivity contribution in [2.24, 2.45) is 0 Å². The third-order valence-electron chi connectivity index (χ3n) is 6.97. The lowest BCUT2D eigenvalue weighted by molar-refractivity contribution is 0.339. The van der Waals surface area contributed by atoms with Crippen LogP contribution in [0.5, 0.6) is 0 Å². The van der Waals surface area contributed by atoms with Gasteiger partial charge in [0.2, 0.25) is 0 Å². The lowest BCUT2D eigenvalue weighted by Crippen LogP contribution is -2.31. The summed E-state index contributed by atoms with van der Waals surface area (Å²) in [5, 5.41) is 19.9. The van der Waals surface area contributed by atoms with Crippen LogP contribution in [0.15, 0.2) is 0 Å². The molecule has 6 aliphatic rings. The summed E-state index contributed by atoms with van der Waals surface area (Å²) in [6, 6.07) is 5.19. The standard InChI is InChI=1S/C20H20N2/c21-9-15-17-11-1-2-12(4-3-11)18(17)16(10-22)20-14-7-5-13(6-8-14)19(15)20/h11-14H,1-8H2. The zero-order chi connectivity index (χ0) is 14.8. The Bertz CT molecular complexity index is 631. The van der Waals surface area contributed by atoms with Gasteiger partial charge in [-0.25, -0.2) is 0 Å². The van der Waals surface area contributed by atoms with Crippen LogP contribution < -0.4 is 0 Å². The maximum absolute atomic E-state index is 9.94. The largest absolute Gasteiger partial charge is 0.192 e. The fourth-order valence-corrected chi connectivity index (χ4v) is 6.11. The van der Waals surface area contributed by atoms with Crippen LogP contribution in [0.25, 0.3) is 0 Å². The molecule has 0 saturated heterocycles. The Morgan fingerprint density at radius 1 is 0.500 bits per heavy atom. The van der Waals surface area contributed by atoms with Crippen LogP contribution in [0, 0.1) is 22.7 Å². The maximum Gasteiger partial charge on any atom is 0.0997 e. The van der Waals surface area contributed by atoms with Gasteiger partial charge in [-0.2, -0.15) is 10.5 Å². The smallest absolute Gasteiger partial charge is 0.0997 e. The van der Waals surface area contributed by atoms with Crippen molar-refractivity contribution in [1.29, 1.82) is 10.5 Å². The van der Waals surface area contributed by atoms with Crippen LogP contribution >= 0.6 is 0 Å². The first-order valence-corrected chi connectivity index (χ1v) is 8.87. The highest BCUT2D eigenvalue weighted by Crippen LogP contribution is 2.58. The first-order chi connectivity index (χ1) is 10.8. The highest BCUT2D eigenvalue weighted by molar-refractivity contribution is 5.66. The van der Waals surface area contributed by atoms with Crippen LogP contribution in [0.1, 0.15) is 108 Å². The van der Waals surface area contributed by atoms with E-state index in [-0.39, 0.29) is 0 Å². The van der Waals surface area contributed by atoms with E-state index in [1.165, 1.54) is 73.6 Å². The Kier molecular flexibility index (Phi) is 2.52. The molecule has 0 unspecified atom stereocenters. The molecule has 7 rings (SSSR count). The molecule has 6 aliphatic carbocycles. The number of nitrogens with zero attached hydrogens (tertiary/aromatic N) is 2. The molecule has 2 nitrogen and oxygen atoms in total. The number of rotatable bonds is 0. The molecule has 1 aromatic carbocycles. The van der Waals surface area contributed by atoms with Crippen molar-refractivity contribution in [3.05, 3.63) is 33.4 Å². The van der Waals surface area contributed by atoms with E-state index in [1.54, 1.807) is 0 Å². The first kappa shape index (κ1) is 12.7. The van der Waals surface area contributed by atoms with Gasteiger partial charge in [-0.3, -0.25) is 0 Å². The van der Waals surface area contributed by atoms with Crippen molar-refractivity contribution >= 4 is 0 Å². The van der Waals surface area contributed by atoms with Crippen molar-refractivity contribution in [2.75, 3.05) is 0 Å². The number of fused-ring (bicyclic) bond motifs is 4. The molecule has 110 valence electrons. The second-order valence-electron chi connectivity index (χ2n) is 7.73. The highest BCUT2D eigenvalue weighted by Gasteiger charge is 2.44. The summed E-state index contributed by atoms with van der Waals surface area (Å²) in [6.45, 7) is 0. The minimum atomic E-state index is 0.549. The molecule has 2 heteroatoms. The number of benzene rings is 1. The summed E-state index contributed by atoms with van der Waals surface area (Å²) in [6.07, 6.45) is 9.81. The normalized spacial score (nSPS) is 33.7. The number of hydrogen-bond donors (Lipinski definition) is 0. The van der Waals surface area contributed by atoms with Gasteiger partial charge < -0.3 is 0 Å². The summed E-state index contributed by atoms with van der Waals surface area (Å²) in [5.74, 6) is 2.19. The molecule has 0 atom stereocenters. The fourth-order valence-electron chi connectivity index (χ4n) is 6.11. The first-order valence-electron chi connectivity index (χ1n) is 8.87. The Labute approximate surface area is 131 Å². The summed E-state index contributed by atoms with van der Waals surface area (Å²) in [4.78, 5) is 0. The lowest BCUT2D eigenvalue weighted by Gasteiger charge is -2.45. The van der Waals surface area contributed by atoms with Gasteiger partial charge in [-0.05, 0) is 97.3 Å². The molecule has 1 aromatic rings. The molecule has 0 amide bonds. The summed E-state index contributed by atoms with van der Waals surface area (Å²) in [5.41, 5.74) is 7.27. The van der Waals surface area contributed by atoms with Gasteiger partial charge in [0, 0.05) is 0 Å². The van der Waals surface area contributed by atoms with Crippen LogP contribution in [-0.2, 0) is 0 Å². The molecule has 2 fully saturated rings. The van der Waals surface area contributed by atoms with Crippen LogP contribution in [0.2, 0.25) is 0 Å². The van der Waals surface area contributed by atoms with Gasteiger partial charge in [0.05, 0.1) is 23.3 Å². The van der Waals surface area contributed by atoms with Crippen molar-refractivity contribution in [1.82, 2.24) is 0 Å². The van der Waals surface area contributed by atoms with Gasteiger partial charge in [-0.1, -0.05) is 0 Å². The van der Waals surface area contributed by atoms with E-state index >= 15 is 0 Å². The molecule has 0 radical (unpaired) electrons. The number of hydrogen-bond acceptors (Lipinski definition) is 2. The average molecular weight is 288 g/mol. The Morgan fingerprint density at radius 3 is 0.909 bits per heavy atom. The van der Waals surface area contributed by atoms with E-state index in [1.807, 2.05) is 0 Å². The molecule has 0 aromatic heterocycles. The zero-order valence-corrected chi connectivity index (χ0v) is 12.9. The fraction of sp³-hybridized carbons (Fsp3) is 0.600. The zero-order valence-electron chi connectivity index (χ0n) is 12.9. The average Bonchev–Trinajstić information content (AvgIpc) is 2.61. The van der Waals surface area contributed by atoms with E-state index in [0.29, 0.717) is 23.7 Å². The second kappa shape index (κ2) is 4.36. The van der Waals surface area contributed by atoms with E-state index < -0.39 is 0 Å². The summed E-state index contributed by atoms with van der Waals surface area (Å²) in [7, 11) is 0. The SMILES string of the molecule is N#Cc1c2c(c(C#N)c3c1C1CCC3CC1)C1CCC2CC1. The maximum atomic E-state index is 9.94. The Balaban J connectivity index is 1.92.